The third kappa shape index (κ3) is 2.23. The molecule has 4 nitrogen and oxygen atoms in total. The molecule has 4 N–H and O–H groups in total. The molecule has 1 aromatic carbocycles. The molecule has 0 bridgehead atoms. The van der Waals surface area contributed by atoms with Crippen LogP contribution in [0, 0.1) is 6.92 Å². The largest absolute Gasteiger partial charge is 0.508 e. The minimum atomic E-state index is -1.22. The highest BCUT2D eigenvalue weighted by Crippen LogP contribution is 2.23. The summed E-state index contributed by atoms with van der Waals surface area (Å²) in [5, 5.41) is 36.6. The number of aliphatic hydroxyl groups is 3. The molecule has 0 radical (unpaired) electrons. The van der Waals surface area contributed by atoms with Crippen molar-refractivity contribution < 1.29 is 20.4 Å². The Bertz CT molecular complexity index is 311. The molecule has 0 saturated carbocycles. The van der Waals surface area contributed by atoms with E-state index in [4.69, 9.17) is 10.2 Å². The first-order valence-electron chi connectivity index (χ1n) is 4.32. The van der Waals surface area contributed by atoms with Gasteiger partial charge < -0.3 is 20.4 Å². The lowest BCUT2D eigenvalue weighted by Gasteiger charge is -2.16. The molecule has 0 spiro atoms. The number of aliphatic hydroxyl groups excluding tert-OH is 3. The van der Waals surface area contributed by atoms with Crippen LogP contribution in [0.25, 0.3) is 0 Å². The fourth-order valence-corrected chi connectivity index (χ4v) is 1.13. The topological polar surface area (TPSA) is 80.9 Å². The van der Waals surface area contributed by atoms with Crippen molar-refractivity contribution in [3.05, 3.63) is 29.3 Å². The third-order valence-electron chi connectivity index (χ3n) is 2.13. The van der Waals surface area contributed by atoms with Crippen molar-refractivity contribution in [1.82, 2.24) is 0 Å². The van der Waals surface area contributed by atoms with E-state index in [1.54, 1.807) is 19.1 Å². The Hall–Kier alpha value is -1.10. The van der Waals surface area contributed by atoms with E-state index in [1.807, 2.05) is 0 Å². The zero-order valence-corrected chi connectivity index (χ0v) is 7.88. The van der Waals surface area contributed by atoms with Crippen LogP contribution >= 0.6 is 0 Å². The van der Waals surface area contributed by atoms with Gasteiger partial charge in [0.05, 0.1) is 6.61 Å². The predicted octanol–water partition coefficient (Wildman–Crippen LogP) is 0.0872. The summed E-state index contributed by atoms with van der Waals surface area (Å²) in [7, 11) is 0. The fraction of sp³-hybridized carbons (Fsp3) is 0.400. The standard InChI is InChI=1S/C10H14O4/c1-6-2-3-7(4-8(6)12)10(14)9(13)5-11/h2-4,9-14H,5H2,1H3. The fourth-order valence-electron chi connectivity index (χ4n) is 1.13. The molecule has 0 amide bonds. The van der Waals surface area contributed by atoms with Gasteiger partial charge >= 0.3 is 0 Å². The van der Waals surface area contributed by atoms with Crippen molar-refractivity contribution in [2.24, 2.45) is 0 Å². The molecule has 0 aliphatic rings. The van der Waals surface area contributed by atoms with E-state index >= 15 is 0 Å². The second kappa shape index (κ2) is 4.41. The normalized spacial score (nSPS) is 15.1. The number of aryl methyl sites for hydroxylation is 1. The first-order chi connectivity index (χ1) is 6.56. The Balaban J connectivity index is 2.91. The maximum atomic E-state index is 9.48. The quantitative estimate of drug-likeness (QED) is 0.554. The second-order valence-electron chi connectivity index (χ2n) is 3.24. The van der Waals surface area contributed by atoms with Gasteiger partial charge in [-0.2, -0.15) is 0 Å². The number of rotatable bonds is 3. The van der Waals surface area contributed by atoms with Crippen molar-refractivity contribution in [3.8, 4) is 5.75 Å². The first kappa shape index (κ1) is 11.0. The Morgan fingerprint density at radius 2 is 1.93 bits per heavy atom. The summed E-state index contributed by atoms with van der Waals surface area (Å²) in [6.45, 7) is 1.21. The summed E-state index contributed by atoms with van der Waals surface area (Å²) >= 11 is 0. The molecule has 0 fully saturated rings. The molecule has 1 rings (SSSR count). The summed E-state index contributed by atoms with van der Waals surface area (Å²) in [6, 6.07) is 4.61. The van der Waals surface area contributed by atoms with Crippen molar-refractivity contribution in [1.29, 1.82) is 0 Å². The van der Waals surface area contributed by atoms with Crippen LogP contribution in [0.15, 0.2) is 18.2 Å². The SMILES string of the molecule is Cc1ccc(C(O)C(O)CO)cc1O. The zero-order chi connectivity index (χ0) is 10.7. The molecule has 0 heterocycles. The number of aromatic hydroxyl groups is 1. The molecule has 0 aromatic heterocycles. The molecule has 78 valence electrons. The molecule has 1 aromatic rings. The average molecular weight is 198 g/mol. The van der Waals surface area contributed by atoms with Crippen LogP contribution in [-0.4, -0.2) is 33.1 Å². The van der Waals surface area contributed by atoms with Gasteiger partial charge in [-0.1, -0.05) is 12.1 Å². The van der Waals surface area contributed by atoms with Crippen molar-refractivity contribution >= 4 is 0 Å². The van der Waals surface area contributed by atoms with Crippen LogP contribution in [-0.2, 0) is 0 Å². The second-order valence-corrected chi connectivity index (χ2v) is 3.24. The molecule has 14 heavy (non-hydrogen) atoms. The van der Waals surface area contributed by atoms with Gasteiger partial charge in [0.15, 0.2) is 0 Å². The van der Waals surface area contributed by atoms with Crippen LogP contribution < -0.4 is 0 Å². The lowest BCUT2D eigenvalue weighted by molar-refractivity contribution is -0.0153. The Kier molecular flexibility index (Phi) is 3.46. The maximum absolute atomic E-state index is 9.48. The number of hydrogen-bond donors (Lipinski definition) is 4. The lowest BCUT2D eigenvalue weighted by atomic mass is 10.0. The Labute approximate surface area is 82.1 Å². The average Bonchev–Trinajstić information content (AvgIpc) is 2.20. The molecular weight excluding hydrogens is 184 g/mol. The minimum absolute atomic E-state index is 0.0617. The smallest absolute Gasteiger partial charge is 0.118 e. The first-order valence-corrected chi connectivity index (χ1v) is 4.32. The van der Waals surface area contributed by atoms with Crippen LogP contribution in [0.4, 0.5) is 0 Å². The molecule has 0 aliphatic heterocycles. The van der Waals surface area contributed by atoms with Crippen molar-refractivity contribution in [2.75, 3.05) is 6.61 Å². The van der Waals surface area contributed by atoms with E-state index in [0.29, 0.717) is 11.1 Å². The Morgan fingerprint density at radius 1 is 1.29 bits per heavy atom. The molecular formula is C10H14O4. The summed E-state index contributed by atoms with van der Waals surface area (Å²) in [4.78, 5) is 0. The van der Waals surface area contributed by atoms with Crippen LogP contribution in [0.1, 0.15) is 17.2 Å². The molecule has 2 atom stereocenters. The van der Waals surface area contributed by atoms with E-state index in [9.17, 15) is 10.2 Å². The highest BCUT2D eigenvalue weighted by molar-refractivity contribution is 5.36. The minimum Gasteiger partial charge on any atom is -0.508 e. The van der Waals surface area contributed by atoms with Crippen molar-refractivity contribution in [3.63, 3.8) is 0 Å². The van der Waals surface area contributed by atoms with Gasteiger partial charge in [-0.25, -0.2) is 0 Å². The monoisotopic (exact) mass is 198 g/mol. The van der Waals surface area contributed by atoms with Gasteiger partial charge in [0.1, 0.15) is 18.0 Å². The summed E-state index contributed by atoms with van der Waals surface area (Å²) in [5.74, 6) is 0.0617. The van der Waals surface area contributed by atoms with E-state index in [2.05, 4.69) is 0 Å². The highest BCUT2D eigenvalue weighted by atomic mass is 16.4. The van der Waals surface area contributed by atoms with Gasteiger partial charge in [0.25, 0.3) is 0 Å². The molecule has 0 saturated heterocycles. The van der Waals surface area contributed by atoms with Gasteiger partial charge in [0.2, 0.25) is 0 Å². The van der Waals surface area contributed by atoms with Crippen LogP contribution in [0.3, 0.4) is 0 Å². The lowest BCUT2D eigenvalue weighted by Crippen LogP contribution is -2.21. The van der Waals surface area contributed by atoms with E-state index in [-0.39, 0.29) is 5.75 Å². The van der Waals surface area contributed by atoms with E-state index in [0.717, 1.165) is 0 Å². The maximum Gasteiger partial charge on any atom is 0.118 e. The van der Waals surface area contributed by atoms with E-state index < -0.39 is 18.8 Å². The number of hydrogen-bond acceptors (Lipinski definition) is 4. The van der Waals surface area contributed by atoms with Gasteiger partial charge in [0, 0.05) is 0 Å². The predicted molar refractivity (Wildman–Crippen MR) is 50.9 cm³/mol. The van der Waals surface area contributed by atoms with E-state index in [1.165, 1.54) is 6.07 Å². The number of phenols is 1. The van der Waals surface area contributed by atoms with Gasteiger partial charge in [-0.05, 0) is 24.1 Å². The van der Waals surface area contributed by atoms with Gasteiger partial charge in [-0.15, -0.1) is 0 Å². The summed E-state index contributed by atoms with van der Waals surface area (Å²) in [5.41, 5.74) is 1.08. The van der Waals surface area contributed by atoms with Gasteiger partial charge in [-0.3, -0.25) is 0 Å². The summed E-state index contributed by atoms with van der Waals surface area (Å²) < 4.78 is 0. The van der Waals surface area contributed by atoms with Crippen molar-refractivity contribution in [2.45, 2.75) is 19.1 Å². The summed E-state index contributed by atoms with van der Waals surface area (Å²) in [6.07, 6.45) is -2.40. The highest BCUT2D eigenvalue weighted by Gasteiger charge is 2.17. The Morgan fingerprint density at radius 3 is 2.43 bits per heavy atom. The number of phenolic OH excluding ortho intramolecular Hbond substituents is 1. The molecule has 0 aliphatic carbocycles. The number of benzene rings is 1. The molecule has 2 unspecified atom stereocenters. The zero-order valence-electron chi connectivity index (χ0n) is 7.88. The van der Waals surface area contributed by atoms with Crippen LogP contribution in [0.5, 0.6) is 5.75 Å². The molecule has 4 heteroatoms. The van der Waals surface area contributed by atoms with Crippen LogP contribution in [0.2, 0.25) is 0 Å². The third-order valence-corrected chi connectivity index (χ3v) is 2.13.